The van der Waals surface area contributed by atoms with Crippen LogP contribution in [0.2, 0.25) is 0 Å². The van der Waals surface area contributed by atoms with Gasteiger partial charge in [-0.25, -0.2) is 14.8 Å². The molecule has 2 unspecified atom stereocenters. The zero-order valence-electron chi connectivity index (χ0n) is 10.3. The van der Waals surface area contributed by atoms with Crippen molar-refractivity contribution in [3.63, 3.8) is 0 Å². The molecule has 6 heteroatoms. The number of aliphatic hydroxyl groups excluding tert-OH is 1. The van der Waals surface area contributed by atoms with Gasteiger partial charge in [-0.05, 0) is 18.9 Å². The summed E-state index contributed by atoms with van der Waals surface area (Å²) in [4.78, 5) is 19.2. The topological polar surface area (TPSA) is 84.3 Å². The number of nitrogens with zero attached hydrogens (tertiary/aromatic N) is 2. The number of methoxy groups -OCH3 is 1. The SMILES string of the molecule is COC(=O)c1nccc(NC2CCCCC2O)n1. The fourth-order valence-electron chi connectivity index (χ4n) is 2.10. The van der Waals surface area contributed by atoms with E-state index < -0.39 is 5.97 Å². The molecule has 1 aliphatic rings. The summed E-state index contributed by atoms with van der Waals surface area (Å²) >= 11 is 0. The third-order valence-electron chi connectivity index (χ3n) is 3.09. The quantitative estimate of drug-likeness (QED) is 0.779. The number of anilines is 1. The van der Waals surface area contributed by atoms with Gasteiger partial charge in [-0.2, -0.15) is 0 Å². The van der Waals surface area contributed by atoms with Crippen LogP contribution in [-0.2, 0) is 4.74 Å². The summed E-state index contributed by atoms with van der Waals surface area (Å²) in [5, 5.41) is 13.0. The predicted molar refractivity (Wildman–Crippen MR) is 65.3 cm³/mol. The molecule has 1 fully saturated rings. The molecule has 1 aromatic heterocycles. The number of carbonyl (C=O) groups excluding carboxylic acids is 1. The van der Waals surface area contributed by atoms with Gasteiger partial charge in [0, 0.05) is 6.20 Å². The average Bonchev–Trinajstić information content (AvgIpc) is 2.41. The highest BCUT2D eigenvalue weighted by Gasteiger charge is 2.23. The molecule has 0 saturated heterocycles. The zero-order valence-corrected chi connectivity index (χ0v) is 10.3. The summed E-state index contributed by atoms with van der Waals surface area (Å²) in [6.45, 7) is 0. The molecule has 2 atom stereocenters. The lowest BCUT2D eigenvalue weighted by atomic mass is 9.93. The van der Waals surface area contributed by atoms with Crippen molar-refractivity contribution in [3.8, 4) is 0 Å². The zero-order chi connectivity index (χ0) is 13.0. The molecule has 1 aromatic rings. The molecule has 0 spiro atoms. The molecule has 1 heterocycles. The highest BCUT2D eigenvalue weighted by atomic mass is 16.5. The molecule has 1 saturated carbocycles. The van der Waals surface area contributed by atoms with Gasteiger partial charge in [0.15, 0.2) is 0 Å². The Labute approximate surface area is 105 Å². The van der Waals surface area contributed by atoms with Gasteiger partial charge in [-0.1, -0.05) is 12.8 Å². The van der Waals surface area contributed by atoms with Crippen LogP contribution in [0.1, 0.15) is 36.3 Å². The van der Waals surface area contributed by atoms with E-state index in [0.29, 0.717) is 5.82 Å². The summed E-state index contributed by atoms with van der Waals surface area (Å²) < 4.78 is 4.56. The number of carbonyl (C=O) groups is 1. The largest absolute Gasteiger partial charge is 0.463 e. The van der Waals surface area contributed by atoms with Gasteiger partial charge in [0.2, 0.25) is 5.82 Å². The van der Waals surface area contributed by atoms with Crippen LogP contribution in [0.5, 0.6) is 0 Å². The molecule has 0 bridgehead atoms. The van der Waals surface area contributed by atoms with Crippen molar-refractivity contribution in [3.05, 3.63) is 18.1 Å². The normalized spacial score (nSPS) is 23.4. The molecule has 0 radical (unpaired) electrons. The Morgan fingerprint density at radius 2 is 2.28 bits per heavy atom. The number of ether oxygens (including phenoxy) is 1. The number of nitrogens with one attached hydrogen (secondary N) is 1. The first-order valence-electron chi connectivity index (χ1n) is 6.06. The predicted octanol–water partition coefficient (Wildman–Crippen LogP) is 0.979. The van der Waals surface area contributed by atoms with Crippen LogP contribution in [0.4, 0.5) is 5.82 Å². The second-order valence-electron chi connectivity index (χ2n) is 4.36. The summed E-state index contributed by atoms with van der Waals surface area (Å²) in [5.41, 5.74) is 0. The molecule has 1 aliphatic carbocycles. The number of rotatable bonds is 3. The van der Waals surface area contributed by atoms with Crippen LogP contribution in [0.15, 0.2) is 12.3 Å². The van der Waals surface area contributed by atoms with E-state index in [1.807, 2.05) is 0 Å². The van der Waals surface area contributed by atoms with E-state index in [9.17, 15) is 9.90 Å². The molecular weight excluding hydrogens is 234 g/mol. The maximum absolute atomic E-state index is 11.3. The van der Waals surface area contributed by atoms with Crippen molar-refractivity contribution in [2.45, 2.75) is 37.8 Å². The average molecular weight is 251 g/mol. The van der Waals surface area contributed by atoms with Crippen LogP contribution in [-0.4, -0.2) is 40.3 Å². The second-order valence-corrected chi connectivity index (χ2v) is 4.36. The minimum absolute atomic E-state index is 0.0147. The Morgan fingerprint density at radius 1 is 1.50 bits per heavy atom. The molecule has 2 N–H and O–H groups in total. The van der Waals surface area contributed by atoms with Gasteiger partial charge in [-0.15, -0.1) is 0 Å². The third-order valence-corrected chi connectivity index (χ3v) is 3.09. The first kappa shape index (κ1) is 12.8. The molecule has 0 amide bonds. The maximum atomic E-state index is 11.3. The van der Waals surface area contributed by atoms with Crippen molar-refractivity contribution in [2.75, 3.05) is 12.4 Å². The van der Waals surface area contributed by atoms with E-state index in [0.717, 1.165) is 25.7 Å². The number of aromatic nitrogens is 2. The Morgan fingerprint density at radius 3 is 3.00 bits per heavy atom. The van der Waals surface area contributed by atoms with E-state index in [1.165, 1.54) is 13.3 Å². The van der Waals surface area contributed by atoms with E-state index >= 15 is 0 Å². The van der Waals surface area contributed by atoms with E-state index in [-0.39, 0.29) is 18.0 Å². The lowest BCUT2D eigenvalue weighted by Gasteiger charge is -2.28. The highest BCUT2D eigenvalue weighted by molar-refractivity contribution is 5.85. The second kappa shape index (κ2) is 5.77. The van der Waals surface area contributed by atoms with Crippen molar-refractivity contribution in [1.82, 2.24) is 9.97 Å². The van der Waals surface area contributed by atoms with Crippen LogP contribution in [0.3, 0.4) is 0 Å². The molecular formula is C12H17N3O3. The molecule has 0 aliphatic heterocycles. The number of hydrogen-bond donors (Lipinski definition) is 2. The van der Waals surface area contributed by atoms with Gasteiger partial charge < -0.3 is 15.2 Å². The third kappa shape index (κ3) is 2.95. The van der Waals surface area contributed by atoms with Crippen LogP contribution in [0.25, 0.3) is 0 Å². The fourth-order valence-corrected chi connectivity index (χ4v) is 2.10. The van der Waals surface area contributed by atoms with E-state index in [2.05, 4.69) is 20.0 Å². The summed E-state index contributed by atoms with van der Waals surface area (Å²) in [5.74, 6) is -0.00741. The van der Waals surface area contributed by atoms with Gasteiger partial charge in [-0.3, -0.25) is 0 Å². The van der Waals surface area contributed by atoms with Crippen molar-refractivity contribution < 1.29 is 14.6 Å². The van der Waals surface area contributed by atoms with Crippen LogP contribution in [0, 0.1) is 0 Å². The van der Waals surface area contributed by atoms with Gasteiger partial charge in [0.05, 0.1) is 19.3 Å². The molecule has 2 rings (SSSR count). The maximum Gasteiger partial charge on any atom is 0.376 e. The first-order valence-corrected chi connectivity index (χ1v) is 6.06. The van der Waals surface area contributed by atoms with E-state index in [4.69, 9.17) is 0 Å². The van der Waals surface area contributed by atoms with Gasteiger partial charge in [0.25, 0.3) is 0 Å². The van der Waals surface area contributed by atoms with E-state index in [1.54, 1.807) is 6.07 Å². The lowest BCUT2D eigenvalue weighted by Crippen LogP contribution is -2.36. The minimum Gasteiger partial charge on any atom is -0.463 e. The van der Waals surface area contributed by atoms with Crippen LogP contribution < -0.4 is 5.32 Å². The molecule has 0 aromatic carbocycles. The highest BCUT2D eigenvalue weighted by Crippen LogP contribution is 2.21. The molecule has 18 heavy (non-hydrogen) atoms. The van der Waals surface area contributed by atoms with Gasteiger partial charge >= 0.3 is 5.97 Å². The number of hydrogen-bond acceptors (Lipinski definition) is 6. The standard InChI is InChI=1S/C12H17N3O3/c1-18-12(17)11-13-7-6-10(15-11)14-8-4-2-3-5-9(8)16/h6-9,16H,2-5H2,1H3,(H,13,14,15). The van der Waals surface area contributed by atoms with Crippen molar-refractivity contribution in [1.29, 1.82) is 0 Å². The summed E-state index contributed by atoms with van der Waals surface area (Å²) in [6, 6.07) is 1.66. The Bertz CT molecular complexity index is 425. The Hall–Kier alpha value is -1.69. The first-order chi connectivity index (χ1) is 8.70. The van der Waals surface area contributed by atoms with Gasteiger partial charge in [0.1, 0.15) is 5.82 Å². The summed E-state index contributed by atoms with van der Waals surface area (Å²) in [7, 11) is 1.29. The molecule has 98 valence electrons. The number of esters is 1. The summed E-state index contributed by atoms with van der Waals surface area (Å²) in [6.07, 6.45) is 4.97. The monoisotopic (exact) mass is 251 g/mol. The Kier molecular flexibility index (Phi) is 4.09. The smallest absolute Gasteiger partial charge is 0.376 e. The molecule has 6 nitrogen and oxygen atoms in total. The van der Waals surface area contributed by atoms with Crippen LogP contribution >= 0.6 is 0 Å². The van der Waals surface area contributed by atoms with Crippen molar-refractivity contribution >= 4 is 11.8 Å². The number of aliphatic hydroxyl groups is 1. The minimum atomic E-state index is -0.567. The van der Waals surface area contributed by atoms with Crippen molar-refractivity contribution in [2.24, 2.45) is 0 Å². The fraction of sp³-hybridized carbons (Fsp3) is 0.583. The Balaban J connectivity index is 2.06. The lowest BCUT2D eigenvalue weighted by molar-refractivity contribution is 0.0587.